The Morgan fingerprint density at radius 1 is 1.42 bits per heavy atom. The van der Waals surface area contributed by atoms with E-state index in [1.165, 1.54) is 13.4 Å². The summed E-state index contributed by atoms with van der Waals surface area (Å²) < 4.78 is 58.7. The minimum Gasteiger partial charge on any atom is -0.376 e. The van der Waals surface area contributed by atoms with E-state index in [9.17, 15) is 17.2 Å². The molecule has 0 unspecified atom stereocenters. The highest BCUT2D eigenvalue weighted by molar-refractivity contribution is 7.89. The molecule has 130 valence electrons. The molecular formula is C14H16F2N4O3S. The number of nitrogens with zero attached hydrogens (tertiary/aromatic N) is 3. The fourth-order valence-corrected chi connectivity index (χ4v) is 3.98. The van der Waals surface area contributed by atoms with E-state index >= 15 is 0 Å². The van der Waals surface area contributed by atoms with E-state index in [-0.39, 0.29) is 12.5 Å². The first-order valence-corrected chi connectivity index (χ1v) is 8.72. The van der Waals surface area contributed by atoms with E-state index in [1.807, 2.05) is 0 Å². The molecule has 1 aromatic heterocycles. The summed E-state index contributed by atoms with van der Waals surface area (Å²) in [5.41, 5.74) is 0. The number of rotatable bonds is 5. The molecule has 0 amide bonds. The number of benzene rings is 1. The van der Waals surface area contributed by atoms with E-state index in [4.69, 9.17) is 4.74 Å². The number of H-pyrrole nitrogens is 1. The van der Waals surface area contributed by atoms with Gasteiger partial charge in [0.2, 0.25) is 10.0 Å². The van der Waals surface area contributed by atoms with Crippen LogP contribution in [0.3, 0.4) is 0 Å². The van der Waals surface area contributed by atoms with Crippen molar-refractivity contribution in [3.63, 3.8) is 0 Å². The van der Waals surface area contributed by atoms with Crippen LogP contribution in [0.5, 0.6) is 0 Å². The van der Waals surface area contributed by atoms with Crippen molar-refractivity contribution in [3.05, 3.63) is 42.0 Å². The van der Waals surface area contributed by atoms with Crippen LogP contribution >= 0.6 is 0 Å². The predicted octanol–water partition coefficient (Wildman–Crippen LogP) is 1.28. The second-order valence-electron chi connectivity index (χ2n) is 5.54. The van der Waals surface area contributed by atoms with E-state index in [0.717, 1.165) is 16.4 Å². The van der Waals surface area contributed by atoms with Crippen LogP contribution in [0.4, 0.5) is 8.78 Å². The monoisotopic (exact) mass is 358 g/mol. The maximum atomic E-state index is 13.8. The van der Waals surface area contributed by atoms with Crippen LogP contribution in [-0.2, 0) is 14.8 Å². The zero-order valence-electron chi connectivity index (χ0n) is 12.8. The second kappa shape index (κ2) is 6.54. The highest BCUT2D eigenvalue weighted by atomic mass is 32.2. The molecule has 0 aliphatic carbocycles. The van der Waals surface area contributed by atoms with Gasteiger partial charge in [-0.2, -0.15) is 9.40 Å². The number of aromatic amines is 1. The number of hydrogen-bond donors (Lipinski definition) is 1. The predicted molar refractivity (Wildman–Crippen MR) is 79.7 cm³/mol. The number of hydrogen-bond acceptors (Lipinski definition) is 5. The summed E-state index contributed by atoms with van der Waals surface area (Å²) in [6, 6.07) is 2.33. The Kier molecular flexibility index (Phi) is 4.61. The van der Waals surface area contributed by atoms with Gasteiger partial charge in [0.1, 0.15) is 28.7 Å². The fourth-order valence-electron chi connectivity index (χ4n) is 2.73. The smallest absolute Gasteiger partial charge is 0.245 e. The number of sulfonamides is 1. The van der Waals surface area contributed by atoms with Crippen molar-refractivity contribution in [2.24, 2.45) is 0 Å². The van der Waals surface area contributed by atoms with Gasteiger partial charge in [0.15, 0.2) is 0 Å². The maximum Gasteiger partial charge on any atom is 0.245 e. The summed E-state index contributed by atoms with van der Waals surface area (Å²) in [4.78, 5) is 3.38. The fraction of sp³-hybridized carbons (Fsp3) is 0.429. The summed E-state index contributed by atoms with van der Waals surface area (Å²) in [5.74, 6) is -1.34. The van der Waals surface area contributed by atoms with Crippen LogP contribution in [0.2, 0.25) is 0 Å². The van der Waals surface area contributed by atoms with Crippen molar-refractivity contribution < 1.29 is 21.9 Å². The van der Waals surface area contributed by atoms with Gasteiger partial charge in [0, 0.05) is 26.1 Å². The molecule has 2 heterocycles. The Hall–Kier alpha value is -1.91. The van der Waals surface area contributed by atoms with Crippen molar-refractivity contribution in [3.8, 4) is 0 Å². The van der Waals surface area contributed by atoms with E-state index < -0.39 is 32.7 Å². The van der Waals surface area contributed by atoms with E-state index in [0.29, 0.717) is 24.9 Å². The Morgan fingerprint density at radius 3 is 2.92 bits per heavy atom. The first kappa shape index (κ1) is 16.9. The SMILES string of the molecule is CN(C[C@H]1OCC[C@H]1c1ncn[nH]1)S(=O)(=O)c1cc(F)ccc1F. The van der Waals surface area contributed by atoms with Crippen molar-refractivity contribution >= 4 is 10.0 Å². The average Bonchev–Trinajstić information content (AvgIpc) is 3.20. The minimum atomic E-state index is -4.18. The standard InChI is InChI=1S/C14H16F2N4O3S/c1-20(24(21,22)13-6-9(15)2-3-11(13)16)7-12-10(4-5-23-12)14-17-8-18-19-14/h2-3,6,8,10,12H,4-5,7H2,1H3,(H,17,18,19)/t10-,12-/m1/s1. The second-order valence-corrected chi connectivity index (χ2v) is 7.55. The van der Waals surface area contributed by atoms with Crippen LogP contribution in [0.25, 0.3) is 0 Å². The molecular weight excluding hydrogens is 342 g/mol. The van der Waals surface area contributed by atoms with Crippen LogP contribution in [0.15, 0.2) is 29.4 Å². The van der Waals surface area contributed by atoms with Crippen LogP contribution < -0.4 is 0 Å². The lowest BCUT2D eigenvalue weighted by molar-refractivity contribution is 0.0893. The molecule has 7 nitrogen and oxygen atoms in total. The molecule has 0 bridgehead atoms. The zero-order valence-corrected chi connectivity index (χ0v) is 13.6. The number of aromatic nitrogens is 3. The number of nitrogens with one attached hydrogen (secondary N) is 1. The Morgan fingerprint density at radius 2 is 2.21 bits per heavy atom. The third kappa shape index (κ3) is 3.17. The summed E-state index contributed by atoms with van der Waals surface area (Å²) >= 11 is 0. The maximum absolute atomic E-state index is 13.8. The lowest BCUT2D eigenvalue weighted by Gasteiger charge is -2.23. The molecule has 1 saturated heterocycles. The molecule has 24 heavy (non-hydrogen) atoms. The van der Waals surface area contributed by atoms with Crippen molar-refractivity contribution in [2.45, 2.75) is 23.3 Å². The summed E-state index contributed by atoms with van der Waals surface area (Å²) in [7, 11) is -2.88. The van der Waals surface area contributed by atoms with Crippen molar-refractivity contribution in [1.29, 1.82) is 0 Å². The number of halogens is 2. The number of likely N-dealkylation sites (N-methyl/N-ethyl adjacent to an activating group) is 1. The average molecular weight is 358 g/mol. The lowest BCUT2D eigenvalue weighted by atomic mass is 10.0. The summed E-state index contributed by atoms with van der Waals surface area (Å²) in [6.45, 7) is 0.446. The van der Waals surface area contributed by atoms with Gasteiger partial charge in [-0.3, -0.25) is 5.10 Å². The highest BCUT2D eigenvalue weighted by Gasteiger charge is 2.35. The van der Waals surface area contributed by atoms with Gasteiger partial charge in [-0.05, 0) is 24.6 Å². The van der Waals surface area contributed by atoms with Gasteiger partial charge < -0.3 is 4.74 Å². The molecule has 10 heteroatoms. The van der Waals surface area contributed by atoms with E-state index in [2.05, 4.69) is 15.2 Å². The Bertz CT molecular complexity index is 813. The molecule has 0 radical (unpaired) electrons. The molecule has 3 rings (SSSR count). The van der Waals surface area contributed by atoms with E-state index in [1.54, 1.807) is 0 Å². The molecule has 2 aromatic rings. The molecule has 1 aromatic carbocycles. The minimum absolute atomic E-state index is 0.0103. The molecule has 1 fully saturated rings. The molecule has 0 spiro atoms. The molecule has 2 atom stereocenters. The summed E-state index contributed by atoms with van der Waals surface area (Å²) in [6.07, 6.45) is 1.59. The molecule has 1 N–H and O–H groups in total. The van der Waals surface area contributed by atoms with Crippen molar-refractivity contribution in [1.82, 2.24) is 19.5 Å². The van der Waals surface area contributed by atoms with Gasteiger partial charge >= 0.3 is 0 Å². The molecule has 0 saturated carbocycles. The Balaban J connectivity index is 1.81. The van der Waals surface area contributed by atoms with Crippen LogP contribution in [0.1, 0.15) is 18.2 Å². The molecule has 1 aliphatic heterocycles. The van der Waals surface area contributed by atoms with Crippen LogP contribution in [-0.4, -0.2) is 54.2 Å². The van der Waals surface area contributed by atoms with Gasteiger partial charge in [-0.1, -0.05) is 0 Å². The number of ether oxygens (including phenoxy) is 1. The van der Waals surface area contributed by atoms with Gasteiger partial charge in [0.25, 0.3) is 0 Å². The normalized spacial score (nSPS) is 21.5. The topological polar surface area (TPSA) is 88.2 Å². The first-order chi connectivity index (χ1) is 11.4. The first-order valence-electron chi connectivity index (χ1n) is 7.28. The van der Waals surface area contributed by atoms with Crippen LogP contribution in [0, 0.1) is 11.6 Å². The third-order valence-corrected chi connectivity index (χ3v) is 5.85. The lowest BCUT2D eigenvalue weighted by Crippen LogP contribution is -2.36. The largest absolute Gasteiger partial charge is 0.376 e. The molecule has 1 aliphatic rings. The Labute approximate surface area is 137 Å². The quantitative estimate of drug-likeness (QED) is 0.870. The highest BCUT2D eigenvalue weighted by Crippen LogP contribution is 2.30. The van der Waals surface area contributed by atoms with Crippen molar-refractivity contribution in [2.75, 3.05) is 20.2 Å². The summed E-state index contributed by atoms with van der Waals surface area (Å²) in [5, 5.41) is 6.53. The third-order valence-electron chi connectivity index (χ3n) is 4.01. The van der Waals surface area contributed by atoms with Gasteiger partial charge in [0.05, 0.1) is 6.10 Å². The zero-order chi connectivity index (χ0) is 17.3. The van der Waals surface area contributed by atoms with Gasteiger partial charge in [-0.15, -0.1) is 0 Å². The van der Waals surface area contributed by atoms with Gasteiger partial charge in [-0.25, -0.2) is 22.2 Å².